The number of piperidine rings is 1. The van der Waals surface area contributed by atoms with E-state index >= 15 is 0 Å². The van der Waals surface area contributed by atoms with Crippen LogP contribution in [0.4, 0.5) is 0 Å². The fraction of sp³-hybridized carbons (Fsp3) is 0.481. The smallest absolute Gasteiger partial charge is 0.243 e. The third kappa shape index (κ3) is 8.91. The lowest BCUT2D eigenvalue weighted by Gasteiger charge is -2.34. The first-order valence-corrected chi connectivity index (χ1v) is 11.9. The zero-order valence-corrected chi connectivity index (χ0v) is 23.3. The largest absolute Gasteiger partial charge is 0.356 e. The van der Waals surface area contributed by atoms with E-state index in [9.17, 15) is 4.79 Å². The van der Waals surface area contributed by atoms with Gasteiger partial charge < -0.3 is 15.5 Å². The predicted molar refractivity (Wildman–Crippen MR) is 152 cm³/mol. The summed E-state index contributed by atoms with van der Waals surface area (Å²) >= 11 is 0. The molecule has 6 nitrogen and oxygen atoms in total. The van der Waals surface area contributed by atoms with Gasteiger partial charge in [-0.2, -0.15) is 0 Å². The number of carbonyl (C=O) groups excluding carboxylic acids is 1. The van der Waals surface area contributed by atoms with Crippen molar-refractivity contribution < 1.29 is 4.79 Å². The second-order valence-corrected chi connectivity index (χ2v) is 9.74. The number of aliphatic imine (C=N–C) groups is 1. The Morgan fingerprint density at radius 1 is 1.03 bits per heavy atom. The first kappa shape index (κ1) is 28.1. The van der Waals surface area contributed by atoms with E-state index in [0.29, 0.717) is 6.04 Å². The summed E-state index contributed by atoms with van der Waals surface area (Å²) in [6.07, 6.45) is 2.11. The zero-order valence-electron chi connectivity index (χ0n) is 21.0. The van der Waals surface area contributed by atoms with Gasteiger partial charge in [-0.3, -0.25) is 9.69 Å². The van der Waals surface area contributed by atoms with Crippen molar-refractivity contribution in [2.75, 3.05) is 40.3 Å². The molecule has 0 bridgehead atoms. The third-order valence-corrected chi connectivity index (χ3v) is 6.30. The van der Waals surface area contributed by atoms with Crippen LogP contribution >= 0.6 is 24.0 Å². The summed E-state index contributed by atoms with van der Waals surface area (Å²) in [6.45, 7) is 8.40. The van der Waals surface area contributed by atoms with Crippen LogP contribution in [0.5, 0.6) is 0 Å². The molecule has 186 valence electrons. The molecule has 1 amide bonds. The minimum absolute atomic E-state index is 0. The molecule has 1 saturated heterocycles. The van der Waals surface area contributed by atoms with Crippen molar-refractivity contribution in [1.82, 2.24) is 20.4 Å². The van der Waals surface area contributed by atoms with E-state index < -0.39 is 0 Å². The van der Waals surface area contributed by atoms with Crippen molar-refractivity contribution in [2.24, 2.45) is 4.99 Å². The molecule has 7 heteroatoms. The van der Waals surface area contributed by atoms with Gasteiger partial charge in [-0.05, 0) is 24.0 Å². The van der Waals surface area contributed by atoms with Crippen molar-refractivity contribution >= 4 is 35.8 Å². The van der Waals surface area contributed by atoms with Gasteiger partial charge in [0.15, 0.2) is 5.96 Å². The Kier molecular flexibility index (Phi) is 11.3. The van der Waals surface area contributed by atoms with Crippen molar-refractivity contribution in [3.8, 4) is 0 Å². The number of benzene rings is 2. The normalized spacial score (nSPS) is 15.4. The molecule has 0 unspecified atom stereocenters. The number of hydrogen-bond donors (Lipinski definition) is 2. The summed E-state index contributed by atoms with van der Waals surface area (Å²) in [7, 11) is 3.53. The lowest BCUT2D eigenvalue weighted by Crippen LogP contribution is -2.50. The molecule has 0 saturated carbocycles. The first-order chi connectivity index (χ1) is 15.8. The lowest BCUT2D eigenvalue weighted by atomic mass is 9.85. The van der Waals surface area contributed by atoms with Crippen LogP contribution in [0.25, 0.3) is 0 Å². The average Bonchev–Trinajstić information content (AvgIpc) is 2.83. The topological polar surface area (TPSA) is 60.0 Å². The molecule has 1 heterocycles. The highest BCUT2D eigenvalue weighted by molar-refractivity contribution is 14.0. The minimum atomic E-state index is -0.0612. The number of likely N-dealkylation sites (N-methyl/N-ethyl adjacent to an activating group) is 1. The molecule has 34 heavy (non-hydrogen) atoms. The molecular weight excluding hydrogens is 537 g/mol. The van der Waals surface area contributed by atoms with Crippen LogP contribution in [0.15, 0.2) is 65.7 Å². The average molecular weight is 578 g/mol. The standard InChI is InChI=1S/C27H39N5O.HI/c1-27(2,23-13-9-6-10-14-23)21-29-26(28-19-25(33)31(3)4)30-24-15-17-32(18-16-24)20-22-11-7-5-8-12-22;/h5-14,24H,15-21H2,1-4H3,(H2,28,29,30);1H. The number of hydrogen-bond acceptors (Lipinski definition) is 3. The molecule has 2 N–H and O–H groups in total. The molecule has 0 spiro atoms. The molecule has 1 aliphatic rings. The summed E-state index contributed by atoms with van der Waals surface area (Å²) in [6, 6.07) is 21.5. The van der Waals surface area contributed by atoms with Gasteiger partial charge in [0.1, 0.15) is 6.54 Å². The van der Waals surface area contributed by atoms with Gasteiger partial charge in [0.2, 0.25) is 5.91 Å². The SMILES string of the molecule is CN(C)C(=O)CN=C(NCC(C)(C)c1ccccc1)NC1CCN(Cc2ccccc2)CC1.I. The van der Waals surface area contributed by atoms with Crippen LogP contribution in [0, 0.1) is 0 Å². The summed E-state index contributed by atoms with van der Waals surface area (Å²) < 4.78 is 0. The first-order valence-electron chi connectivity index (χ1n) is 11.9. The molecule has 2 aromatic rings. The van der Waals surface area contributed by atoms with E-state index in [0.717, 1.165) is 45.0 Å². The van der Waals surface area contributed by atoms with Crippen molar-refractivity contribution in [3.05, 3.63) is 71.8 Å². The number of halogens is 1. The van der Waals surface area contributed by atoms with Gasteiger partial charge in [0, 0.05) is 51.7 Å². The Labute approximate surface area is 222 Å². The molecular formula is C27H40IN5O. The molecule has 3 rings (SSSR count). The minimum Gasteiger partial charge on any atom is -0.356 e. The number of amides is 1. The number of likely N-dealkylation sites (tertiary alicyclic amines) is 1. The molecule has 2 aromatic carbocycles. The van der Waals surface area contributed by atoms with Gasteiger partial charge in [0.25, 0.3) is 0 Å². The fourth-order valence-corrected chi connectivity index (χ4v) is 4.01. The van der Waals surface area contributed by atoms with E-state index in [-0.39, 0.29) is 41.8 Å². The number of nitrogens with one attached hydrogen (secondary N) is 2. The molecule has 0 aliphatic carbocycles. The van der Waals surface area contributed by atoms with Gasteiger partial charge in [0.05, 0.1) is 0 Å². The van der Waals surface area contributed by atoms with Crippen LogP contribution in [0.2, 0.25) is 0 Å². The summed E-state index contributed by atoms with van der Waals surface area (Å²) in [5, 5.41) is 7.11. The van der Waals surface area contributed by atoms with Crippen LogP contribution < -0.4 is 10.6 Å². The predicted octanol–water partition coefficient (Wildman–Crippen LogP) is 3.87. The van der Waals surface area contributed by atoms with Gasteiger partial charge in [-0.1, -0.05) is 74.5 Å². The lowest BCUT2D eigenvalue weighted by molar-refractivity contribution is -0.127. The summed E-state index contributed by atoms with van der Waals surface area (Å²) in [5.74, 6) is 0.715. The zero-order chi connectivity index (χ0) is 23.7. The molecule has 0 radical (unpaired) electrons. The molecule has 1 aliphatic heterocycles. The van der Waals surface area contributed by atoms with Gasteiger partial charge in [-0.15, -0.1) is 24.0 Å². The van der Waals surface area contributed by atoms with Crippen molar-refractivity contribution in [3.63, 3.8) is 0 Å². The maximum absolute atomic E-state index is 12.1. The van der Waals surface area contributed by atoms with Crippen LogP contribution in [0.1, 0.15) is 37.8 Å². The highest BCUT2D eigenvalue weighted by atomic mass is 127. The van der Waals surface area contributed by atoms with Gasteiger partial charge in [-0.25, -0.2) is 4.99 Å². The highest BCUT2D eigenvalue weighted by Crippen LogP contribution is 2.21. The van der Waals surface area contributed by atoms with Crippen LogP contribution in [0.3, 0.4) is 0 Å². The maximum Gasteiger partial charge on any atom is 0.243 e. The fourth-order valence-electron chi connectivity index (χ4n) is 4.01. The van der Waals surface area contributed by atoms with E-state index in [1.165, 1.54) is 11.1 Å². The third-order valence-electron chi connectivity index (χ3n) is 6.30. The summed E-state index contributed by atoms with van der Waals surface area (Å²) in [4.78, 5) is 20.8. The Hall–Kier alpha value is -2.13. The quantitative estimate of drug-likeness (QED) is 0.284. The number of guanidine groups is 1. The monoisotopic (exact) mass is 577 g/mol. The Morgan fingerprint density at radius 3 is 2.21 bits per heavy atom. The van der Waals surface area contributed by atoms with Crippen LogP contribution in [-0.2, 0) is 16.8 Å². The summed E-state index contributed by atoms with van der Waals surface area (Å²) in [5.41, 5.74) is 2.57. The molecule has 0 atom stereocenters. The van der Waals surface area contributed by atoms with Crippen molar-refractivity contribution in [2.45, 2.75) is 44.7 Å². The highest BCUT2D eigenvalue weighted by Gasteiger charge is 2.23. The van der Waals surface area contributed by atoms with Crippen molar-refractivity contribution in [1.29, 1.82) is 0 Å². The number of nitrogens with zero attached hydrogens (tertiary/aromatic N) is 3. The second-order valence-electron chi connectivity index (χ2n) is 9.74. The second kappa shape index (κ2) is 13.7. The molecule has 1 fully saturated rings. The van der Waals surface area contributed by atoms with E-state index in [2.05, 4.69) is 89.0 Å². The molecule has 0 aromatic heterocycles. The maximum atomic E-state index is 12.1. The van der Waals surface area contributed by atoms with Gasteiger partial charge >= 0.3 is 0 Å². The van der Waals surface area contributed by atoms with E-state index in [1.54, 1.807) is 19.0 Å². The van der Waals surface area contributed by atoms with E-state index in [4.69, 9.17) is 0 Å². The number of carbonyl (C=O) groups is 1. The Bertz CT molecular complexity index is 894. The Balaban J connectivity index is 0.00000408. The van der Waals surface area contributed by atoms with E-state index in [1.807, 2.05) is 6.07 Å². The van der Waals surface area contributed by atoms with Crippen LogP contribution in [-0.4, -0.2) is 68.0 Å². The number of rotatable bonds is 8. The Morgan fingerprint density at radius 2 is 1.62 bits per heavy atom.